The van der Waals surface area contributed by atoms with E-state index in [9.17, 15) is 19.8 Å². The zero-order valence-electron chi connectivity index (χ0n) is 14.9. The number of aliphatic hydroxyl groups is 1. The number of carbonyl (C=O) groups is 2. The van der Waals surface area contributed by atoms with Crippen LogP contribution < -0.4 is 4.90 Å². The molecule has 1 aromatic carbocycles. The molecule has 1 aromatic rings. The lowest BCUT2D eigenvalue weighted by molar-refractivity contribution is -0.908. The summed E-state index contributed by atoms with van der Waals surface area (Å²) in [5, 5.41) is 19.7. The lowest BCUT2D eigenvalue weighted by Gasteiger charge is -2.28. The quantitative estimate of drug-likeness (QED) is 0.663. The van der Waals surface area contributed by atoms with Gasteiger partial charge in [0, 0.05) is 13.0 Å². The zero-order chi connectivity index (χ0) is 18.7. The molecule has 0 aromatic heterocycles. The number of Topliss-reactive ketones (excluding diaryl/α,β-unsaturated/α-hetero) is 1. The molecule has 1 saturated heterocycles. The van der Waals surface area contributed by atoms with E-state index < -0.39 is 17.7 Å². The van der Waals surface area contributed by atoms with E-state index in [1.165, 1.54) is 24.0 Å². The van der Waals surface area contributed by atoms with Crippen molar-refractivity contribution in [3.05, 3.63) is 41.2 Å². The van der Waals surface area contributed by atoms with Crippen LogP contribution in [0.15, 0.2) is 35.6 Å². The molecule has 0 radical (unpaired) electrons. The first-order chi connectivity index (χ1) is 12.5. The second-order valence-electron chi connectivity index (χ2n) is 6.78. The van der Waals surface area contributed by atoms with Gasteiger partial charge >= 0.3 is 0 Å². The number of ether oxygens (including phenoxy) is 1. The predicted octanol–water partition coefficient (Wildman–Crippen LogP) is -0.0182. The van der Waals surface area contributed by atoms with E-state index in [0.29, 0.717) is 12.1 Å². The molecule has 3 N–H and O–H groups in total. The maximum atomic E-state index is 12.5. The molecule has 0 spiro atoms. The number of carbonyl (C=O) groups excluding carboxylic acids is 2. The van der Waals surface area contributed by atoms with Crippen molar-refractivity contribution in [1.82, 2.24) is 4.90 Å². The standard InChI is InChI=1S/C19H24N2O5/c1-13(22)16-17(14-3-5-15(23)6-4-14)21(19(25)18(16)24)8-2-7-20-9-11-26-12-10-20/h3-6,17,23-24H,2,7-12H2,1H3/p+1/t17-/m1/s1. The molecule has 2 heterocycles. The van der Waals surface area contributed by atoms with Crippen LogP contribution in [-0.2, 0) is 14.3 Å². The van der Waals surface area contributed by atoms with Crippen molar-refractivity contribution in [2.24, 2.45) is 0 Å². The zero-order valence-corrected chi connectivity index (χ0v) is 14.9. The maximum absolute atomic E-state index is 12.5. The summed E-state index contributed by atoms with van der Waals surface area (Å²) < 4.78 is 5.35. The Bertz CT molecular complexity index is 707. The minimum Gasteiger partial charge on any atom is -0.508 e. The Morgan fingerprint density at radius 2 is 1.88 bits per heavy atom. The van der Waals surface area contributed by atoms with Crippen molar-refractivity contribution in [2.75, 3.05) is 39.4 Å². The highest BCUT2D eigenvalue weighted by Crippen LogP contribution is 2.38. The summed E-state index contributed by atoms with van der Waals surface area (Å²) in [6, 6.07) is 5.77. The Morgan fingerprint density at radius 3 is 2.50 bits per heavy atom. The molecular weight excluding hydrogens is 336 g/mol. The van der Waals surface area contributed by atoms with Gasteiger partial charge in [-0.2, -0.15) is 0 Å². The SMILES string of the molecule is CC(=O)C1=C(O)C(=O)N(CCC[NH+]2CCOCC2)[C@@H]1c1ccc(O)cc1. The van der Waals surface area contributed by atoms with E-state index in [2.05, 4.69) is 0 Å². The fourth-order valence-corrected chi connectivity index (χ4v) is 3.66. The first-order valence-electron chi connectivity index (χ1n) is 8.94. The average Bonchev–Trinajstić information content (AvgIpc) is 2.88. The Morgan fingerprint density at radius 1 is 1.23 bits per heavy atom. The van der Waals surface area contributed by atoms with Gasteiger partial charge in [-0.3, -0.25) is 9.59 Å². The van der Waals surface area contributed by atoms with Crippen molar-refractivity contribution in [1.29, 1.82) is 0 Å². The molecule has 7 heteroatoms. The van der Waals surface area contributed by atoms with Crippen molar-refractivity contribution in [3.8, 4) is 5.75 Å². The third-order valence-corrected chi connectivity index (χ3v) is 5.02. The summed E-state index contributed by atoms with van der Waals surface area (Å²) in [4.78, 5) is 27.6. The molecule has 2 aliphatic rings. The molecule has 0 saturated carbocycles. The van der Waals surface area contributed by atoms with Crippen molar-refractivity contribution < 1.29 is 29.4 Å². The maximum Gasteiger partial charge on any atom is 0.290 e. The molecule has 2 aliphatic heterocycles. The van der Waals surface area contributed by atoms with Gasteiger partial charge in [0.1, 0.15) is 18.8 Å². The van der Waals surface area contributed by atoms with Gasteiger partial charge in [-0.1, -0.05) is 12.1 Å². The molecule has 26 heavy (non-hydrogen) atoms. The Balaban J connectivity index is 1.76. The number of aromatic hydroxyl groups is 1. The van der Waals surface area contributed by atoms with Gasteiger partial charge in [-0.25, -0.2) is 0 Å². The number of amides is 1. The minimum atomic E-state index is -0.611. The van der Waals surface area contributed by atoms with Gasteiger partial charge in [0.05, 0.1) is 31.4 Å². The highest BCUT2D eigenvalue weighted by atomic mass is 16.5. The number of ketones is 1. The molecule has 1 amide bonds. The summed E-state index contributed by atoms with van der Waals surface area (Å²) in [5.41, 5.74) is 0.823. The fourth-order valence-electron chi connectivity index (χ4n) is 3.66. The summed E-state index contributed by atoms with van der Waals surface area (Å²) in [6.45, 7) is 6.14. The molecule has 1 atom stereocenters. The van der Waals surface area contributed by atoms with Gasteiger partial charge in [0.25, 0.3) is 5.91 Å². The summed E-state index contributed by atoms with van der Waals surface area (Å²) in [7, 11) is 0. The van der Waals surface area contributed by atoms with E-state index in [1.54, 1.807) is 17.0 Å². The first-order valence-corrected chi connectivity index (χ1v) is 8.94. The largest absolute Gasteiger partial charge is 0.508 e. The second-order valence-corrected chi connectivity index (χ2v) is 6.78. The molecule has 0 unspecified atom stereocenters. The number of rotatable bonds is 6. The number of phenolic OH excluding ortho intramolecular Hbond substituents is 1. The second kappa shape index (κ2) is 7.88. The number of morpholine rings is 1. The average molecular weight is 361 g/mol. The molecule has 7 nitrogen and oxygen atoms in total. The smallest absolute Gasteiger partial charge is 0.290 e. The van der Waals surface area contributed by atoms with Gasteiger partial charge in [0.2, 0.25) is 0 Å². The highest BCUT2D eigenvalue weighted by Gasteiger charge is 2.42. The summed E-state index contributed by atoms with van der Waals surface area (Å²) in [6.07, 6.45) is 0.772. The van der Waals surface area contributed by atoms with E-state index in [-0.39, 0.29) is 17.1 Å². The van der Waals surface area contributed by atoms with E-state index in [0.717, 1.165) is 39.3 Å². The van der Waals surface area contributed by atoms with Gasteiger partial charge in [-0.15, -0.1) is 0 Å². The Kier molecular flexibility index (Phi) is 5.58. The van der Waals surface area contributed by atoms with Crippen LogP contribution in [0.2, 0.25) is 0 Å². The van der Waals surface area contributed by atoms with Crippen LogP contribution >= 0.6 is 0 Å². The molecule has 0 bridgehead atoms. The van der Waals surface area contributed by atoms with Crippen LogP contribution in [0.5, 0.6) is 5.75 Å². The number of hydrogen-bond acceptors (Lipinski definition) is 5. The summed E-state index contributed by atoms with van der Waals surface area (Å²) in [5.74, 6) is -1.19. The van der Waals surface area contributed by atoms with E-state index in [4.69, 9.17) is 4.74 Å². The molecule has 140 valence electrons. The van der Waals surface area contributed by atoms with Crippen LogP contribution in [0.4, 0.5) is 0 Å². The van der Waals surface area contributed by atoms with Gasteiger partial charge in [0.15, 0.2) is 11.5 Å². The number of quaternary nitrogens is 1. The van der Waals surface area contributed by atoms with Gasteiger partial charge < -0.3 is 24.7 Å². The minimum absolute atomic E-state index is 0.109. The number of aliphatic hydroxyl groups excluding tert-OH is 1. The van der Waals surface area contributed by atoms with Crippen LogP contribution in [0.3, 0.4) is 0 Å². The predicted molar refractivity (Wildman–Crippen MR) is 93.9 cm³/mol. The monoisotopic (exact) mass is 361 g/mol. The Labute approximate surface area is 152 Å². The third-order valence-electron chi connectivity index (χ3n) is 5.02. The fraction of sp³-hybridized carbons (Fsp3) is 0.474. The Hall–Kier alpha value is -2.38. The van der Waals surface area contributed by atoms with Crippen LogP contribution in [0.1, 0.15) is 24.9 Å². The van der Waals surface area contributed by atoms with Crippen molar-refractivity contribution in [3.63, 3.8) is 0 Å². The van der Waals surface area contributed by atoms with Crippen LogP contribution in [-0.4, -0.2) is 66.2 Å². The number of benzene rings is 1. The number of nitrogens with zero attached hydrogens (tertiary/aromatic N) is 1. The highest BCUT2D eigenvalue weighted by molar-refractivity contribution is 6.08. The van der Waals surface area contributed by atoms with Crippen LogP contribution in [0, 0.1) is 0 Å². The van der Waals surface area contributed by atoms with Crippen LogP contribution in [0.25, 0.3) is 0 Å². The molecule has 3 rings (SSSR count). The molecule has 1 fully saturated rings. The number of phenols is 1. The van der Waals surface area contributed by atoms with Crippen molar-refractivity contribution in [2.45, 2.75) is 19.4 Å². The lowest BCUT2D eigenvalue weighted by atomic mass is 9.96. The normalized spacial score (nSPS) is 21.5. The van der Waals surface area contributed by atoms with Gasteiger partial charge in [-0.05, 0) is 24.6 Å². The molecular formula is C19H25N2O5+. The van der Waals surface area contributed by atoms with E-state index >= 15 is 0 Å². The number of hydrogen-bond donors (Lipinski definition) is 3. The van der Waals surface area contributed by atoms with E-state index in [1.807, 2.05) is 0 Å². The lowest BCUT2D eigenvalue weighted by Crippen LogP contribution is -3.14. The summed E-state index contributed by atoms with van der Waals surface area (Å²) >= 11 is 0. The molecule has 0 aliphatic carbocycles. The third kappa shape index (κ3) is 3.73. The topological polar surface area (TPSA) is 91.5 Å². The van der Waals surface area contributed by atoms with Crippen molar-refractivity contribution >= 4 is 11.7 Å². The number of nitrogens with one attached hydrogen (secondary N) is 1. The first kappa shape index (κ1) is 18.4.